The second kappa shape index (κ2) is 9.48. The zero-order valence-electron chi connectivity index (χ0n) is 17.2. The Balaban J connectivity index is 1.68. The van der Waals surface area contributed by atoms with Gasteiger partial charge in [-0.2, -0.15) is 0 Å². The zero-order chi connectivity index (χ0) is 22.6. The van der Waals surface area contributed by atoms with Crippen LogP contribution >= 0.6 is 11.8 Å². The third-order valence-electron chi connectivity index (χ3n) is 4.36. The van der Waals surface area contributed by atoms with Crippen molar-refractivity contribution in [1.82, 2.24) is 14.8 Å². The monoisotopic (exact) mass is 463 g/mol. The van der Waals surface area contributed by atoms with Gasteiger partial charge in [0, 0.05) is 12.7 Å². The molecule has 0 spiro atoms. The molecule has 2 aromatic carbocycles. The first-order chi connectivity index (χ1) is 14.6. The van der Waals surface area contributed by atoms with Crippen LogP contribution in [0.15, 0.2) is 53.7 Å². The van der Waals surface area contributed by atoms with Gasteiger partial charge in [-0.15, -0.1) is 10.2 Å². The van der Waals surface area contributed by atoms with Crippen molar-refractivity contribution in [3.8, 4) is 0 Å². The molecule has 1 aromatic heterocycles. The number of nitrogens with zero attached hydrogens (tertiary/aromatic N) is 4. The Morgan fingerprint density at radius 1 is 1.19 bits per heavy atom. The number of hydrogen-bond acceptors (Lipinski definition) is 6. The minimum Gasteiger partial charge on any atom is -0.325 e. The predicted octanol–water partition coefficient (Wildman–Crippen LogP) is 2.96. The molecule has 1 amide bonds. The number of halogens is 1. The fourth-order valence-corrected chi connectivity index (χ4v) is 4.38. The minimum atomic E-state index is -3.64. The molecular formula is C20H22FN5O3S2. The van der Waals surface area contributed by atoms with E-state index in [2.05, 4.69) is 15.5 Å². The van der Waals surface area contributed by atoms with Crippen LogP contribution in [0.25, 0.3) is 0 Å². The molecule has 0 saturated heterocycles. The number of aryl methyl sites for hydroxylation is 1. The molecule has 0 aliphatic heterocycles. The summed E-state index contributed by atoms with van der Waals surface area (Å²) in [4.78, 5) is 12.2. The molecule has 0 atom stereocenters. The molecule has 8 nitrogen and oxygen atoms in total. The van der Waals surface area contributed by atoms with E-state index in [1.165, 1.54) is 36.0 Å². The van der Waals surface area contributed by atoms with Crippen molar-refractivity contribution >= 4 is 39.1 Å². The van der Waals surface area contributed by atoms with E-state index < -0.39 is 15.8 Å². The van der Waals surface area contributed by atoms with Crippen LogP contribution in [-0.4, -0.2) is 41.1 Å². The van der Waals surface area contributed by atoms with Gasteiger partial charge in [-0.25, -0.2) is 12.8 Å². The summed E-state index contributed by atoms with van der Waals surface area (Å²) in [6.07, 6.45) is 1.07. The Bertz CT molecular complexity index is 1180. The second-order valence-corrected chi connectivity index (χ2v) is 9.76. The van der Waals surface area contributed by atoms with Gasteiger partial charge in [-0.3, -0.25) is 9.10 Å². The average Bonchev–Trinajstić information content (AvgIpc) is 3.04. The Hall–Kier alpha value is -2.92. The molecule has 0 saturated carbocycles. The molecule has 0 aliphatic carbocycles. The Morgan fingerprint density at radius 2 is 1.90 bits per heavy atom. The largest absolute Gasteiger partial charge is 0.325 e. The number of nitrogens with one attached hydrogen (secondary N) is 1. The lowest BCUT2D eigenvalue weighted by atomic mass is 10.2. The molecule has 0 aliphatic rings. The molecule has 164 valence electrons. The maximum absolute atomic E-state index is 13.2. The van der Waals surface area contributed by atoms with Gasteiger partial charge >= 0.3 is 0 Å². The standard InChI is InChI=1S/C20H22FN5O3S2/c1-14-5-4-6-16(11-14)22-19(27)13-30-20-24-23-18(25(20)2)12-26(31(3,28)29)17-9-7-15(21)8-10-17/h4-11H,12-13H2,1-3H3,(H,22,27). The van der Waals surface area contributed by atoms with E-state index in [4.69, 9.17) is 0 Å². The quantitative estimate of drug-likeness (QED) is 0.516. The number of hydrogen-bond donors (Lipinski definition) is 1. The van der Waals surface area contributed by atoms with E-state index >= 15 is 0 Å². The first kappa shape index (κ1) is 22.8. The van der Waals surface area contributed by atoms with Crippen LogP contribution in [0.1, 0.15) is 11.4 Å². The van der Waals surface area contributed by atoms with Gasteiger partial charge in [0.1, 0.15) is 5.82 Å². The Kier molecular flexibility index (Phi) is 6.96. The molecule has 3 aromatic rings. The highest BCUT2D eigenvalue weighted by Gasteiger charge is 2.22. The normalized spacial score (nSPS) is 11.4. The molecule has 0 bridgehead atoms. The van der Waals surface area contributed by atoms with E-state index in [0.717, 1.165) is 16.1 Å². The number of carbonyl (C=O) groups excluding carboxylic acids is 1. The highest BCUT2D eigenvalue weighted by molar-refractivity contribution is 7.99. The highest BCUT2D eigenvalue weighted by Crippen LogP contribution is 2.22. The van der Waals surface area contributed by atoms with Crippen LogP contribution in [0.3, 0.4) is 0 Å². The summed E-state index contributed by atoms with van der Waals surface area (Å²) in [5.74, 6) is -0.146. The van der Waals surface area contributed by atoms with Gasteiger partial charge in [0.2, 0.25) is 15.9 Å². The second-order valence-electron chi connectivity index (χ2n) is 6.91. The van der Waals surface area contributed by atoms with E-state index in [0.29, 0.717) is 22.4 Å². The lowest BCUT2D eigenvalue weighted by Gasteiger charge is -2.21. The Morgan fingerprint density at radius 3 is 2.55 bits per heavy atom. The number of rotatable bonds is 8. The molecule has 3 rings (SSSR count). The summed E-state index contributed by atoms with van der Waals surface area (Å²) in [7, 11) is -1.95. The Labute approximate surface area is 184 Å². The number of aromatic nitrogens is 3. The summed E-state index contributed by atoms with van der Waals surface area (Å²) in [5, 5.41) is 11.4. The van der Waals surface area contributed by atoms with Crippen LogP contribution in [-0.2, 0) is 28.4 Å². The maximum Gasteiger partial charge on any atom is 0.234 e. The van der Waals surface area contributed by atoms with Crippen molar-refractivity contribution in [2.75, 3.05) is 21.6 Å². The van der Waals surface area contributed by atoms with Gasteiger partial charge in [-0.05, 0) is 48.9 Å². The average molecular weight is 464 g/mol. The number of sulfonamides is 1. The van der Waals surface area contributed by atoms with E-state index in [9.17, 15) is 17.6 Å². The van der Waals surface area contributed by atoms with Crippen molar-refractivity contribution in [3.05, 3.63) is 65.7 Å². The number of carbonyl (C=O) groups is 1. The van der Waals surface area contributed by atoms with Crippen LogP contribution in [0.5, 0.6) is 0 Å². The molecule has 1 heterocycles. The summed E-state index contributed by atoms with van der Waals surface area (Å²) >= 11 is 1.19. The van der Waals surface area contributed by atoms with Crippen molar-refractivity contribution in [1.29, 1.82) is 0 Å². The van der Waals surface area contributed by atoms with Gasteiger partial charge < -0.3 is 9.88 Å². The van der Waals surface area contributed by atoms with Crippen LogP contribution in [0.2, 0.25) is 0 Å². The summed E-state index contributed by atoms with van der Waals surface area (Å²) in [6.45, 7) is 1.86. The van der Waals surface area contributed by atoms with Crippen molar-refractivity contribution < 1.29 is 17.6 Å². The van der Waals surface area contributed by atoms with Crippen LogP contribution < -0.4 is 9.62 Å². The number of amides is 1. The van der Waals surface area contributed by atoms with Gasteiger partial charge in [0.15, 0.2) is 11.0 Å². The number of benzene rings is 2. The topological polar surface area (TPSA) is 97.2 Å². The lowest BCUT2D eigenvalue weighted by Crippen LogP contribution is -2.30. The number of thioether (sulfide) groups is 1. The van der Waals surface area contributed by atoms with E-state index in [-0.39, 0.29) is 18.2 Å². The minimum absolute atomic E-state index is 0.0794. The van der Waals surface area contributed by atoms with Crippen LogP contribution in [0.4, 0.5) is 15.8 Å². The summed E-state index contributed by atoms with van der Waals surface area (Å²) in [5.41, 5.74) is 2.07. The van der Waals surface area contributed by atoms with Crippen LogP contribution in [0, 0.1) is 12.7 Å². The fourth-order valence-electron chi connectivity index (χ4n) is 2.79. The molecule has 0 unspecified atom stereocenters. The van der Waals surface area contributed by atoms with Gasteiger partial charge in [0.05, 0.1) is 24.2 Å². The van der Waals surface area contributed by atoms with Gasteiger partial charge in [0.25, 0.3) is 0 Å². The molecular weight excluding hydrogens is 441 g/mol. The summed E-state index contributed by atoms with van der Waals surface area (Å²) in [6, 6.07) is 12.6. The third-order valence-corrected chi connectivity index (χ3v) is 6.52. The highest BCUT2D eigenvalue weighted by atomic mass is 32.2. The zero-order valence-corrected chi connectivity index (χ0v) is 18.9. The third kappa shape index (κ3) is 6.05. The predicted molar refractivity (Wildman–Crippen MR) is 119 cm³/mol. The molecule has 0 fully saturated rings. The van der Waals surface area contributed by atoms with Crippen molar-refractivity contribution in [2.45, 2.75) is 18.6 Å². The van der Waals surface area contributed by atoms with E-state index in [1.807, 2.05) is 31.2 Å². The first-order valence-corrected chi connectivity index (χ1v) is 12.1. The molecule has 1 N–H and O–H groups in total. The maximum atomic E-state index is 13.2. The van der Waals surface area contributed by atoms with Crippen molar-refractivity contribution in [3.63, 3.8) is 0 Å². The number of anilines is 2. The lowest BCUT2D eigenvalue weighted by molar-refractivity contribution is -0.113. The molecule has 31 heavy (non-hydrogen) atoms. The SMILES string of the molecule is Cc1cccc(NC(=O)CSc2nnc(CN(c3ccc(F)cc3)S(C)(=O)=O)n2C)c1. The van der Waals surface area contributed by atoms with E-state index in [1.54, 1.807) is 11.6 Å². The molecule has 11 heteroatoms. The van der Waals surface area contributed by atoms with Crippen molar-refractivity contribution in [2.24, 2.45) is 7.05 Å². The summed E-state index contributed by atoms with van der Waals surface area (Å²) < 4.78 is 40.5. The molecule has 0 radical (unpaired) electrons. The smallest absolute Gasteiger partial charge is 0.234 e. The fraction of sp³-hybridized carbons (Fsp3) is 0.250. The van der Waals surface area contributed by atoms with Gasteiger partial charge in [-0.1, -0.05) is 23.9 Å². The first-order valence-electron chi connectivity index (χ1n) is 9.24.